The highest BCUT2D eigenvalue weighted by atomic mass is 32.2. The second kappa shape index (κ2) is 12.5. The van der Waals surface area contributed by atoms with Gasteiger partial charge in [0.15, 0.2) is 0 Å². The van der Waals surface area contributed by atoms with Crippen LogP contribution in [0.5, 0.6) is 0 Å². The third-order valence-electron chi connectivity index (χ3n) is 9.54. The van der Waals surface area contributed by atoms with Crippen molar-refractivity contribution in [3.63, 3.8) is 0 Å². The Balaban J connectivity index is 1.49. The van der Waals surface area contributed by atoms with Crippen LogP contribution < -0.4 is 5.32 Å². The van der Waals surface area contributed by atoms with Gasteiger partial charge in [-0.3, -0.25) is 14.4 Å². The standard InChI is InChI=1S/C33H42N4O6S/c1-7-20-18(5)32(42)36-27(20)14-25-17(4)22(10-12-31(40)41)29(35-25)15-28-21(9-11-30(38)39)16(3)24(34-28)13-26-19(6)23(8-2)33(37-26)43-44-33/h26,34-35,37H,7-15H2,1-6H3,(H,38,39)(H,40,41)/p+1/t26?,33-/m1/s1. The number of carbonyl (C=O) groups is 3. The number of H-pyrrole nitrogens is 2. The van der Waals surface area contributed by atoms with Gasteiger partial charge < -0.3 is 20.2 Å². The number of allylic oxidation sites excluding steroid dienone is 1. The molecule has 11 heteroatoms. The monoisotopic (exact) mass is 623 g/mol. The van der Waals surface area contributed by atoms with Crippen molar-refractivity contribution in [2.75, 3.05) is 0 Å². The normalized spacial score (nSPS) is 21.3. The summed E-state index contributed by atoms with van der Waals surface area (Å²) in [5, 5.41) is 22.3. The lowest BCUT2D eigenvalue weighted by Gasteiger charge is -2.12. The molecule has 0 aromatic carbocycles. The van der Waals surface area contributed by atoms with Crippen LogP contribution in [0, 0.1) is 13.8 Å². The second-order valence-electron chi connectivity index (χ2n) is 12.1. The average Bonchev–Trinajstić information content (AvgIpc) is 3.38. The van der Waals surface area contributed by atoms with Crippen molar-refractivity contribution in [2.24, 2.45) is 4.99 Å². The Hall–Kier alpha value is -3.41. The van der Waals surface area contributed by atoms with Gasteiger partial charge in [0.2, 0.25) is 12.0 Å². The van der Waals surface area contributed by atoms with Crippen molar-refractivity contribution >= 4 is 35.6 Å². The first kappa shape index (κ1) is 32.0. The molecule has 5 N–H and O–H groups in total. The first-order chi connectivity index (χ1) is 20.9. The number of aromatic amines is 2. The largest absolute Gasteiger partial charge is 0.481 e. The van der Waals surface area contributed by atoms with Gasteiger partial charge in [-0.25, -0.2) is 10.3 Å². The van der Waals surface area contributed by atoms with E-state index in [1.54, 1.807) is 0 Å². The highest BCUT2D eigenvalue weighted by Gasteiger charge is 2.67. The van der Waals surface area contributed by atoms with E-state index in [0.717, 1.165) is 81.2 Å². The quantitative estimate of drug-likeness (QED) is 0.0897. The van der Waals surface area contributed by atoms with Crippen LogP contribution in [0.2, 0.25) is 0 Å². The minimum atomic E-state index is -0.869. The average molecular weight is 624 g/mol. The molecule has 0 bridgehead atoms. The summed E-state index contributed by atoms with van der Waals surface area (Å²) in [4.78, 5) is 47.1. The Morgan fingerprint density at radius 1 is 0.886 bits per heavy atom. The molecule has 2 atom stereocenters. The highest BCUT2D eigenvalue weighted by molar-refractivity contribution is 7.81. The van der Waals surface area contributed by atoms with Crippen LogP contribution in [0.15, 0.2) is 27.3 Å². The summed E-state index contributed by atoms with van der Waals surface area (Å²) < 4.78 is 5.79. The van der Waals surface area contributed by atoms with Crippen LogP contribution in [0.1, 0.15) is 98.4 Å². The molecule has 5 rings (SSSR count). The summed E-state index contributed by atoms with van der Waals surface area (Å²) in [5.41, 5.74) is 12.8. The Labute approximate surface area is 262 Å². The van der Waals surface area contributed by atoms with E-state index >= 15 is 0 Å². The number of aliphatic carboxylic acids is 2. The highest BCUT2D eigenvalue weighted by Crippen LogP contribution is 2.45. The maximum Gasteiger partial charge on any atom is 0.384 e. The molecular formula is C33H43N4O6S+. The number of nitrogens with zero attached hydrogens (tertiary/aromatic N) is 1. The van der Waals surface area contributed by atoms with E-state index in [1.165, 1.54) is 11.1 Å². The van der Waals surface area contributed by atoms with Crippen molar-refractivity contribution in [1.29, 1.82) is 0 Å². The van der Waals surface area contributed by atoms with Crippen molar-refractivity contribution in [2.45, 2.75) is 110 Å². The van der Waals surface area contributed by atoms with Gasteiger partial charge in [-0.1, -0.05) is 18.0 Å². The van der Waals surface area contributed by atoms with E-state index in [4.69, 9.17) is 4.18 Å². The Bertz CT molecular complexity index is 1620. The maximum absolute atomic E-state index is 12.3. The number of amides is 1. The molecule has 3 aliphatic heterocycles. The van der Waals surface area contributed by atoms with Gasteiger partial charge in [0, 0.05) is 72.1 Å². The van der Waals surface area contributed by atoms with Gasteiger partial charge >= 0.3 is 17.0 Å². The molecule has 1 spiro atoms. The number of aliphatic imine (C=N–C) groups is 1. The van der Waals surface area contributed by atoms with Crippen LogP contribution in [0.25, 0.3) is 0 Å². The number of nitrogens with one attached hydrogen (secondary N) is 3. The van der Waals surface area contributed by atoms with Crippen LogP contribution >= 0.6 is 0 Å². The van der Waals surface area contributed by atoms with Gasteiger partial charge in [0.1, 0.15) is 0 Å². The van der Waals surface area contributed by atoms with Crippen LogP contribution in [-0.2, 0) is 62.7 Å². The van der Waals surface area contributed by atoms with E-state index in [0.29, 0.717) is 37.7 Å². The number of carbonyl (C=O) groups excluding carboxylic acids is 1. The third kappa shape index (κ3) is 6.09. The van der Waals surface area contributed by atoms with Crippen molar-refractivity contribution < 1.29 is 28.8 Å². The van der Waals surface area contributed by atoms with Crippen LogP contribution in [0.4, 0.5) is 0 Å². The number of carboxylic acids is 2. The number of thiol groups is 1. The molecule has 10 nitrogen and oxygen atoms in total. The maximum atomic E-state index is 12.3. The van der Waals surface area contributed by atoms with Gasteiger partial charge in [-0.05, 0) is 86.8 Å². The van der Waals surface area contributed by atoms with E-state index in [1.807, 2.05) is 20.8 Å². The molecular weight excluding hydrogens is 580 g/mol. The minimum absolute atomic E-state index is 0.00740. The molecule has 1 amide bonds. The summed E-state index contributed by atoms with van der Waals surface area (Å²) in [6, 6.07) is 0.113. The Kier molecular flexibility index (Phi) is 9.11. The molecule has 0 aliphatic carbocycles. The second-order valence-corrected chi connectivity index (χ2v) is 13.1. The molecule has 2 aromatic rings. The predicted octanol–water partition coefficient (Wildman–Crippen LogP) is 4.49. The molecule has 236 valence electrons. The molecule has 44 heavy (non-hydrogen) atoms. The number of hydrogen-bond acceptors (Lipinski definition) is 5. The van der Waals surface area contributed by atoms with Gasteiger partial charge in [-0.15, -0.1) is 0 Å². The summed E-state index contributed by atoms with van der Waals surface area (Å²) in [6.45, 7) is 12.2. The molecule has 5 heterocycles. The number of hydrogen-bond donors (Lipinski definition) is 5. The van der Waals surface area contributed by atoms with E-state index in [9.17, 15) is 24.6 Å². The lowest BCUT2D eigenvalue weighted by Crippen LogP contribution is -2.36. The summed E-state index contributed by atoms with van der Waals surface area (Å²) in [7, 11) is 0. The zero-order chi connectivity index (χ0) is 31.9. The molecule has 2 aromatic heterocycles. The van der Waals surface area contributed by atoms with Crippen LogP contribution in [-0.4, -0.2) is 54.8 Å². The first-order valence-corrected chi connectivity index (χ1v) is 16.2. The zero-order valence-corrected chi connectivity index (χ0v) is 27.3. The lowest BCUT2D eigenvalue weighted by molar-refractivity contribution is -0.138. The molecule has 3 aliphatic rings. The van der Waals surface area contributed by atoms with E-state index in [2.05, 4.69) is 41.0 Å². The summed E-state index contributed by atoms with van der Waals surface area (Å²) >= 11 is 0.944. The first-order valence-electron chi connectivity index (χ1n) is 15.4. The third-order valence-corrected chi connectivity index (χ3v) is 10.5. The fraction of sp³-hybridized carbons (Fsp3) is 0.515. The van der Waals surface area contributed by atoms with Gasteiger partial charge in [0.05, 0.1) is 5.71 Å². The zero-order valence-electron chi connectivity index (χ0n) is 26.4. The van der Waals surface area contributed by atoms with E-state index < -0.39 is 11.9 Å². The minimum Gasteiger partial charge on any atom is -0.481 e. The smallest absolute Gasteiger partial charge is 0.384 e. The Morgan fingerprint density at radius 3 is 1.95 bits per heavy atom. The molecule has 1 saturated heterocycles. The summed E-state index contributed by atoms with van der Waals surface area (Å²) in [5.74, 6) is -1.92. The fourth-order valence-corrected chi connectivity index (χ4v) is 7.87. The van der Waals surface area contributed by atoms with Crippen molar-refractivity contribution in [1.82, 2.24) is 15.3 Å². The molecule has 0 saturated carbocycles. The van der Waals surface area contributed by atoms with Crippen LogP contribution in [0.3, 0.4) is 0 Å². The summed E-state index contributed by atoms with van der Waals surface area (Å²) in [6.07, 6.45) is 4.06. The molecule has 0 radical (unpaired) electrons. The van der Waals surface area contributed by atoms with Gasteiger partial charge in [0.25, 0.3) is 5.91 Å². The SMILES string of the molecule is CCC1=C(C)C(=O)N=C1Cc1[nH]c(Cc2[nH]c(CC3N[C@@]4(O[SH+]4)C(CC)=C3C)c(C)c2CCC(=O)O)c(CCC(=O)O)c1C. The molecule has 1 unspecified atom stereocenters. The van der Waals surface area contributed by atoms with Gasteiger partial charge in [-0.2, -0.15) is 0 Å². The number of aromatic nitrogens is 2. The number of carboxylic acid groups (broad SMARTS) is 2. The topological polar surface area (TPSA) is 160 Å². The van der Waals surface area contributed by atoms with Crippen molar-refractivity contribution in [3.05, 3.63) is 67.3 Å². The van der Waals surface area contributed by atoms with E-state index in [-0.39, 0.29) is 29.8 Å². The molecule has 1 fully saturated rings. The predicted molar refractivity (Wildman–Crippen MR) is 171 cm³/mol. The van der Waals surface area contributed by atoms with Crippen molar-refractivity contribution in [3.8, 4) is 0 Å². The Morgan fingerprint density at radius 2 is 1.45 bits per heavy atom. The fourth-order valence-electron chi connectivity index (χ4n) is 6.97. The lowest BCUT2D eigenvalue weighted by atomic mass is 9.96. The number of rotatable bonds is 14.